The van der Waals surface area contributed by atoms with Crippen molar-refractivity contribution in [3.63, 3.8) is 0 Å². The van der Waals surface area contributed by atoms with Crippen LogP contribution in [0.4, 0.5) is 0 Å². The largest absolute Gasteiger partial charge is 0.381 e. The van der Waals surface area contributed by atoms with Gasteiger partial charge >= 0.3 is 0 Å². The van der Waals surface area contributed by atoms with Gasteiger partial charge in [-0.3, -0.25) is 9.69 Å². The Labute approximate surface area is 140 Å². The van der Waals surface area contributed by atoms with Crippen LogP contribution in [0.3, 0.4) is 0 Å². The van der Waals surface area contributed by atoms with Crippen LogP contribution in [0.25, 0.3) is 0 Å². The van der Waals surface area contributed by atoms with E-state index >= 15 is 0 Å². The summed E-state index contributed by atoms with van der Waals surface area (Å²) in [7, 11) is 0. The number of hydrogen-bond acceptors (Lipinski definition) is 3. The topological polar surface area (TPSA) is 41.6 Å². The minimum Gasteiger partial charge on any atom is -0.381 e. The van der Waals surface area contributed by atoms with Gasteiger partial charge in [-0.05, 0) is 38.4 Å². The zero-order valence-electron chi connectivity index (χ0n) is 14.7. The molecule has 1 saturated heterocycles. The molecule has 0 unspecified atom stereocenters. The SMILES string of the molecule is CCN(CC)[C@H](C)C(=O)NCC1(c2ccccc2)CCOCC1. The standard InChI is InChI=1S/C19H30N2O2/c1-4-21(5-2)16(3)18(22)20-15-19(11-13-23-14-12-19)17-9-7-6-8-10-17/h6-10,16H,4-5,11-15H2,1-3H3,(H,20,22)/t16-/m1/s1. The fraction of sp³-hybridized carbons (Fsp3) is 0.632. The van der Waals surface area contributed by atoms with Crippen LogP contribution in [0.2, 0.25) is 0 Å². The highest BCUT2D eigenvalue weighted by molar-refractivity contribution is 5.81. The smallest absolute Gasteiger partial charge is 0.237 e. The summed E-state index contributed by atoms with van der Waals surface area (Å²) < 4.78 is 5.55. The maximum absolute atomic E-state index is 12.5. The van der Waals surface area contributed by atoms with Gasteiger partial charge in [-0.1, -0.05) is 44.2 Å². The molecule has 0 aliphatic carbocycles. The lowest BCUT2D eigenvalue weighted by atomic mass is 9.74. The molecule has 1 aromatic carbocycles. The van der Waals surface area contributed by atoms with E-state index in [1.165, 1.54) is 5.56 Å². The van der Waals surface area contributed by atoms with Crippen molar-refractivity contribution in [3.05, 3.63) is 35.9 Å². The number of nitrogens with one attached hydrogen (secondary N) is 1. The molecule has 2 rings (SSSR count). The van der Waals surface area contributed by atoms with Crippen molar-refractivity contribution in [2.75, 3.05) is 32.8 Å². The lowest BCUT2D eigenvalue weighted by molar-refractivity contribution is -0.126. The van der Waals surface area contributed by atoms with Crippen molar-refractivity contribution in [3.8, 4) is 0 Å². The molecular weight excluding hydrogens is 288 g/mol. The summed E-state index contributed by atoms with van der Waals surface area (Å²) in [6, 6.07) is 10.5. The maximum Gasteiger partial charge on any atom is 0.237 e. The molecule has 1 N–H and O–H groups in total. The summed E-state index contributed by atoms with van der Waals surface area (Å²) in [5, 5.41) is 3.20. The molecule has 1 atom stereocenters. The van der Waals surface area contributed by atoms with Gasteiger partial charge in [0.15, 0.2) is 0 Å². The van der Waals surface area contributed by atoms with Crippen LogP contribution in [-0.2, 0) is 14.9 Å². The second-order valence-electron chi connectivity index (χ2n) is 6.37. The lowest BCUT2D eigenvalue weighted by Crippen LogP contribution is -2.50. The number of hydrogen-bond donors (Lipinski definition) is 1. The number of ether oxygens (including phenoxy) is 1. The third kappa shape index (κ3) is 4.33. The first kappa shape index (κ1) is 18.0. The summed E-state index contributed by atoms with van der Waals surface area (Å²) in [5.41, 5.74) is 1.30. The third-order valence-electron chi connectivity index (χ3n) is 5.18. The summed E-state index contributed by atoms with van der Waals surface area (Å²) in [6.07, 6.45) is 1.91. The number of carbonyl (C=O) groups excluding carboxylic acids is 1. The fourth-order valence-corrected chi connectivity index (χ4v) is 3.46. The Balaban J connectivity index is 2.06. The van der Waals surface area contributed by atoms with Gasteiger partial charge in [-0.25, -0.2) is 0 Å². The summed E-state index contributed by atoms with van der Waals surface area (Å²) >= 11 is 0. The number of carbonyl (C=O) groups is 1. The van der Waals surface area contributed by atoms with Crippen molar-refractivity contribution >= 4 is 5.91 Å². The van der Waals surface area contributed by atoms with E-state index in [9.17, 15) is 4.79 Å². The van der Waals surface area contributed by atoms with E-state index in [1.807, 2.05) is 13.0 Å². The highest BCUT2D eigenvalue weighted by Crippen LogP contribution is 2.34. The highest BCUT2D eigenvalue weighted by atomic mass is 16.5. The van der Waals surface area contributed by atoms with Crippen LogP contribution in [0, 0.1) is 0 Å². The maximum atomic E-state index is 12.5. The average Bonchev–Trinajstić information content (AvgIpc) is 2.62. The van der Waals surface area contributed by atoms with Gasteiger partial charge in [0.2, 0.25) is 5.91 Å². The minimum absolute atomic E-state index is 0.00184. The van der Waals surface area contributed by atoms with Crippen LogP contribution in [0.5, 0.6) is 0 Å². The Kier molecular flexibility index (Phi) is 6.60. The molecule has 1 aromatic rings. The van der Waals surface area contributed by atoms with Gasteiger partial charge in [-0.15, -0.1) is 0 Å². The van der Waals surface area contributed by atoms with Crippen molar-refractivity contribution in [1.29, 1.82) is 0 Å². The van der Waals surface area contributed by atoms with E-state index < -0.39 is 0 Å². The fourth-order valence-electron chi connectivity index (χ4n) is 3.46. The van der Waals surface area contributed by atoms with E-state index in [0.717, 1.165) is 39.1 Å². The van der Waals surface area contributed by atoms with Crippen LogP contribution >= 0.6 is 0 Å². The monoisotopic (exact) mass is 318 g/mol. The second-order valence-corrected chi connectivity index (χ2v) is 6.37. The Morgan fingerprint density at radius 2 is 1.83 bits per heavy atom. The summed E-state index contributed by atoms with van der Waals surface area (Å²) in [5.74, 6) is 0.121. The highest BCUT2D eigenvalue weighted by Gasteiger charge is 2.35. The zero-order chi connectivity index (χ0) is 16.7. The first-order chi connectivity index (χ1) is 11.1. The molecule has 0 saturated carbocycles. The molecule has 128 valence electrons. The van der Waals surface area contributed by atoms with Gasteiger partial charge in [0, 0.05) is 25.2 Å². The van der Waals surface area contributed by atoms with Crippen LogP contribution < -0.4 is 5.32 Å². The lowest BCUT2D eigenvalue weighted by Gasteiger charge is -2.38. The number of benzene rings is 1. The Morgan fingerprint density at radius 1 is 1.22 bits per heavy atom. The van der Waals surface area contributed by atoms with Gasteiger partial charge < -0.3 is 10.1 Å². The van der Waals surface area contributed by atoms with Crippen LogP contribution in [0.1, 0.15) is 39.2 Å². The molecule has 23 heavy (non-hydrogen) atoms. The number of likely N-dealkylation sites (N-methyl/N-ethyl adjacent to an activating group) is 1. The molecule has 0 bridgehead atoms. The van der Waals surface area contributed by atoms with Gasteiger partial charge in [0.25, 0.3) is 0 Å². The number of amides is 1. The van der Waals surface area contributed by atoms with E-state index in [-0.39, 0.29) is 17.4 Å². The van der Waals surface area contributed by atoms with Crippen molar-refractivity contribution in [2.24, 2.45) is 0 Å². The average molecular weight is 318 g/mol. The predicted molar refractivity (Wildman–Crippen MR) is 93.6 cm³/mol. The molecule has 4 nitrogen and oxygen atoms in total. The molecule has 0 spiro atoms. The normalized spacial score (nSPS) is 18.6. The number of rotatable bonds is 7. The minimum atomic E-state index is -0.0855. The summed E-state index contributed by atoms with van der Waals surface area (Å²) in [4.78, 5) is 14.7. The van der Waals surface area contributed by atoms with Crippen LogP contribution in [-0.4, -0.2) is 49.7 Å². The Bertz CT molecular complexity index is 479. The van der Waals surface area contributed by atoms with Crippen molar-refractivity contribution in [1.82, 2.24) is 10.2 Å². The quantitative estimate of drug-likeness (QED) is 0.840. The van der Waals surface area contributed by atoms with E-state index in [4.69, 9.17) is 4.74 Å². The van der Waals surface area contributed by atoms with E-state index in [1.54, 1.807) is 0 Å². The molecule has 1 aliphatic rings. The van der Waals surface area contributed by atoms with Crippen LogP contribution in [0.15, 0.2) is 30.3 Å². The Morgan fingerprint density at radius 3 is 2.39 bits per heavy atom. The number of nitrogens with zero attached hydrogens (tertiary/aromatic N) is 1. The first-order valence-corrected chi connectivity index (χ1v) is 8.78. The first-order valence-electron chi connectivity index (χ1n) is 8.78. The Hall–Kier alpha value is -1.39. The van der Waals surface area contributed by atoms with Gasteiger partial charge in [0.1, 0.15) is 0 Å². The molecule has 4 heteroatoms. The van der Waals surface area contributed by atoms with E-state index in [0.29, 0.717) is 6.54 Å². The van der Waals surface area contributed by atoms with Gasteiger partial charge in [-0.2, -0.15) is 0 Å². The molecule has 1 amide bonds. The second kappa shape index (κ2) is 8.46. The molecule has 1 aliphatic heterocycles. The molecule has 0 aromatic heterocycles. The molecule has 1 heterocycles. The zero-order valence-corrected chi connectivity index (χ0v) is 14.7. The van der Waals surface area contributed by atoms with Crippen molar-refractivity contribution in [2.45, 2.75) is 45.1 Å². The molecular formula is C19H30N2O2. The van der Waals surface area contributed by atoms with E-state index in [2.05, 4.69) is 48.3 Å². The third-order valence-corrected chi connectivity index (χ3v) is 5.18. The summed E-state index contributed by atoms with van der Waals surface area (Å²) in [6.45, 7) is 10.2. The molecule has 1 fully saturated rings. The molecule has 0 radical (unpaired) electrons. The predicted octanol–water partition coefficient (Wildman–Crippen LogP) is 2.58. The van der Waals surface area contributed by atoms with Gasteiger partial charge in [0.05, 0.1) is 6.04 Å². The van der Waals surface area contributed by atoms with Crippen molar-refractivity contribution < 1.29 is 9.53 Å².